The first kappa shape index (κ1) is 32.8. The summed E-state index contributed by atoms with van der Waals surface area (Å²) in [6, 6.07) is 34.7. The molecule has 0 spiro atoms. The predicted molar refractivity (Wildman–Crippen MR) is 202 cm³/mol. The Morgan fingerprint density at radius 2 is 1.04 bits per heavy atom. The predicted octanol–water partition coefficient (Wildman–Crippen LogP) is 9.76. The van der Waals surface area contributed by atoms with E-state index < -0.39 is 16.7 Å². The average molecular weight is 672 g/mol. The van der Waals surface area contributed by atoms with Crippen LogP contribution < -0.4 is 10.6 Å². The van der Waals surface area contributed by atoms with Crippen molar-refractivity contribution in [2.75, 3.05) is 10.6 Å². The number of para-hydroxylation sites is 2. The van der Waals surface area contributed by atoms with Crippen molar-refractivity contribution in [1.82, 2.24) is 9.97 Å². The number of aromatic nitrogens is 2. The molecule has 0 radical (unpaired) electrons. The van der Waals surface area contributed by atoms with E-state index in [0.717, 1.165) is 22.3 Å². The molecular formula is C42H33N5O4. The Morgan fingerprint density at radius 1 is 0.588 bits per heavy atom. The van der Waals surface area contributed by atoms with Crippen LogP contribution in [-0.4, -0.2) is 26.7 Å². The molecule has 5 aromatic carbocycles. The van der Waals surface area contributed by atoms with Gasteiger partial charge in [-0.25, -0.2) is 9.97 Å². The number of benzene rings is 5. The molecule has 2 heterocycles. The number of carbonyl (C=O) groups excluding carboxylic acids is 2. The largest absolute Gasteiger partial charge is 0.322 e. The van der Waals surface area contributed by atoms with Gasteiger partial charge in [-0.2, -0.15) is 0 Å². The summed E-state index contributed by atoms with van der Waals surface area (Å²) in [5.74, 6) is -0.950. The number of pyridine rings is 2. The quantitative estimate of drug-likeness (QED) is 0.128. The van der Waals surface area contributed by atoms with Gasteiger partial charge in [0, 0.05) is 33.7 Å². The SMILES string of the molecule is Cc1ccc(-c2nc3ccccc3c(C(=O)Nc3ccc([N+](=O)[O-])c(NC(=O)c4c(C)c(-c5ccc(C)cc5)nc5ccccc45)c3)c2C)cc1. The van der Waals surface area contributed by atoms with Crippen LogP contribution in [0.5, 0.6) is 0 Å². The minimum atomic E-state index is -0.565. The number of nitro benzene ring substituents is 1. The van der Waals surface area contributed by atoms with Crippen LogP contribution in [0.15, 0.2) is 115 Å². The number of aryl methyl sites for hydroxylation is 2. The molecule has 0 saturated heterocycles. The summed E-state index contributed by atoms with van der Waals surface area (Å²) in [5.41, 5.74) is 8.51. The maximum absolute atomic E-state index is 14.1. The van der Waals surface area contributed by atoms with Crippen molar-refractivity contribution in [2.45, 2.75) is 27.7 Å². The van der Waals surface area contributed by atoms with E-state index in [2.05, 4.69) is 10.6 Å². The monoisotopic (exact) mass is 671 g/mol. The number of rotatable bonds is 7. The Bertz CT molecular complexity index is 2530. The first-order chi connectivity index (χ1) is 24.6. The van der Waals surface area contributed by atoms with Crippen molar-refractivity contribution in [1.29, 1.82) is 0 Å². The molecule has 51 heavy (non-hydrogen) atoms. The summed E-state index contributed by atoms with van der Waals surface area (Å²) in [4.78, 5) is 49.6. The number of nitrogens with zero attached hydrogens (tertiary/aromatic N) is 3. The second-order valence-corrected chi connectivity index (χ2v) is 12.6. The average Bonchev–Trinajstić information content (AvgIpc) is 3.11. The number of amides is 2. The molecule has 0 unspecified atom stereocenters. The fourth-order valence-corrected chi connectivity index (χ4v) is 6.44. The Morgan fingerprint density at radius 3 is 1.51 bits per heavy atom. The molecule has 0 aliphatic rings. The lowest BCUT2D eigenvalue weighted by Gasteiger charge is -2.16. The first-order valence-electron chi connectivity index (χ1n) is 16.4. The summed E-state index contributed by atoms with van der Waals surface area (Å²) in [7, 11) is 0. The molecule has 9 nitrogen and oxygen atoms in total. The van der Waals surface area contributed by atoms with E-state index >= 15 is 0 Å². The fraction of sp³-hybridized carbons (Fsp3) is 0.0952. The van der Waals surface area contributed by atoms with Gasteiger partial charge in [-0.15, -0.1) is 0 Å². The number of hydrogen-bond donors (Lipinski definition) is 2. The number of nitro groups is 1. The molecule has 0 atom stereocenters. The number of hydrogen-bond acceptors (Lipinski definition) is 6. The van der Waals surface area contributed by atoms with Crippen molar-refractivity contribution in [2.24, 2.45) is 0 Å². The Hall–Kier alpha value is -6.74. The van der Waals surface area contributed by atoms with Crippen molar-refractivity contribution >= 4 is 50.7 Å². The van der Waals surface area contributed by atoms with Crippen molar-refractivity contribution < 1.29 is 14.5 Å². The molecule has 2 aromatic heterocycles. The highest BCUT2D eigenvalue weighted by atomic mass is 16.6. The maximum atomic E-state index is 14.1. The number of nitrogens with one attached hydrogen (secondary N) is 2. The molecule has 2 amide bonds. The van der Waals surface area contributed by atoms with Gasteiger partial charge in [-0.3, -0.25) is 19.7 Å². The normalized spacial score (nSPS) is 11.1. The Labute approximate surface area is 294 Å². The molecule has 0 saturated carbocycles. The molecule has 9 heteroatoms. The molecule has 0 aliphatic heterocycles. The first-order valence-corrected chi connectivity index (χ1v) is 16.4. The molecule has 250 valence electrons. The van der Waals surface area contributed by atoms with Crippen LogP contribution in [0.1, 0.15) is 43.0 Å². The smallest absolute Gasteiger partial charge is 0.292 e. The molecule has 7 rings (SSSR count). The minimum Gasteiger partial charge on any atom is -0.322 e. The zero-order chi connectivity index (χ0) is 35.8. The van der Waals surface area contributed by atoms with Crippen LogP contribution in [-0.2, 0) is 0 Å². The molecule has 7 aromatic rings. The van der Waals surface area contributed by atoms with E-state index in [1.807, 2.05) is 119 Å². The standard InChI is InChI=1S/C42H33N5O4/c1-24-13-17-28(18-14-24)39-26(3)37(31-9-5-7-11-33(31)44-39)41(48)43-30-21-22-36(47(50)51)35(23-30)46-42(49)38-27(4)40(29-19-15-25(2)16-20-29)45-34-12-8-6-10-32(34)38/h5-23H,1-4H3,(H,43,48)(H,46,49). The second-order valence-electron chi connectivity index (χ2n) is 12.6. The highest BCUT2D eigenvalue weighted by Gasteiger charge is 2.24. The summed E-state index contributed by atoms with van der Waals surface area (Å²) < 4.78 is 0. The minimum absolute atomic E-state index is 0.0587. The third-order valence-corrected chi connectivity index (χ3v) is 9.08. The van der Waals surface area contributed by atoms with E-state index in [4.69, 9.17) is 9.97 Å². The van der Waals surface area contributed by atoms with Gasteiger partial charge in [0.1, 0.15) is 5.69 Å². The van der Waals surface area contributed by atoms with Crippen LogP contribution >= 0.6 is 0 Å². The van der Waals surface area contributed by atoms with Gasteiger partial charge in [0.05, 0.1) is 38.5 Å². The lowest BCUT2D eigenvalue weighted by Crippen LogP contribution is -2.18. The third kappa shape index (κ3) is 6.28. The van der Waals surface area contributed by atoms with Gasteiger partial charge in [0.15, 0.2) is 0 Å². The van der Waals surface area contributed by atoms with Gasteiger partial charge < -0.3 is 10.6 Å². The molecule has 0 aliphatic carbocycles. The van der Waals surface area contributed by atoms with Crippen LogP contribution in [0.25, 0.3) is 44.3 Å². The zero-order valence-corrected chi connectivity index (χ0v) is 28.4. The van der Waals surface area contributed by atoms with Crippen LogP contribution in [0.3, 0.4) is 0 Å². The van der Waals surface area contributed by atoms with Crippen molar-refractivity contribution in [3.05, 3.63) is 159 Å². The van der Waals surface area contributed by atoms with Crippen molar-refractivity contribution in [3.8, 4) is 22.5 Å². The van der Waals surface area contributed by atoms with E-state index in [1.165, 1.54) is 18.2 Å². The third-order valence-electron chi connectivity index (χ3n) is 9.08. The summed E-state index contributed by atoms with van der Waals surface area (Å²) in [5, 5.41) is 19.2. The second kappa shape index (κ2) is 13.3. The highest BCUT2D eigenvalue weighted by Crippen LogP contribution is 2.34. The van der Waals surface area contributed by atoms with Gasteiger partial charge in [-0.05, 0) is 63.1 Å². The van der Waals surface area contributed by atoms with Crippen LogP contribution in [0, 0.1) is 37.8 Å². The van der Waals surface area contributed by atoms with E-state index in [9.17, 15) is 19.7 Å². The van der Waals surface area contributed by atoms with E-state index in [1.54, 1.807) is 6.07 Å². The lowest BCUT2D eigenvalue weighted by molar-refractivity contribution is -0.383. The van der Waals surface area contributed by atoms with Gasteiger partial charge in [0.2, 0.25) is 0 Å². The summed E-state index contributed by atoms with van der Waals surface area (Å²) in [6.07, 6.45) is 0. The van der Waals surface area contributed by atoms with Gasteiger partial charge >= 0.3 is 0 Å². The highest BCUT2D eigenvalue weighted by molar-refractivity contribution is 6.16. The van der Waals surface area contributed by atoms with Gasteiger partial charge in [0.25, 0.3) is 17.5 Å². The van der Waals surface area contributed by atoms with Gasteiger partial charge in [-0.1, -0.05) is 96.1 Å². The Kier molecular flexibility index (Phi) is 8.54. The lowest BCUT2D eigenvalue weighted by atomic mass is 9.96. The van der Waals surface area contributed by atoms with E-state index in [0.29, 0.717) is 55.4 Å². The van der Waals surface area contributed by atoms with Crippen molar-refractivity contribution in [3.63, 3.8) is 0 Å². The van der Waals surface area contributed by atoms with Crippen LogP contribution in [0.2, 0.25) is 0 Å². The van der Waals surface area contributed by atoms with E-state index in [-0.39, 0.29) is 17.1 Å². The molecule has 0 bridgehead atoms. The summed E-state index contributed by atoms with van der Waals surface area (Å²) >= 11 is 0. The fourth-order valence-electron chi connectivity index (χ4n) is 6.44. The van der Waals surface area contributed by atoms with Crippen LogP contribution in [0.4, 0.5) is 17.1 Å². The molecule has 0 fully saturated rings. The topological polar surface area (TPSA) is 127 Å². The molecule has 2 N–H and O–H groups in total. The maximum Gasteiger partial charge on any atom is 0.292 e. The Balaban J connectivity index is 1.27. The molecular weight excluding hydrogens is 638 g/mol. The summed E-state index contributed by atoms with van der Waals surface area (Å²) in [6.45, 7) is 7.68. The number of carbonyl (C=O) groups is 2. The number of fused-ring (bicyclic) bond motifs is 2. The number of anilines is 2. The zero-order valence-electron chi connectivity index (χ0n) is 28.4.